The van der Waals surface area contributed by atoms with Crippen LogP contribution in [0.15, 0.2) is 18.2 Å². The highest BCUT2D eigenvalue weighted by molar-refractivity contribution is 6.07. The van der Waals surface area contributed by atoms with E-state index in [9.17, 15) is 9.59 Å². The monoisotopic (exact) mass is 314 g/mol. The van der Waals surface area contributed by atoms with Crippen molar-refractivity contribution in [3.8, 4) is 0 Å². The van der Waals surface area contributed by atoms with Crippen LogP contribution in [0.5, 0.6) is 0 Å². The Morgan fingerprint density at radius 2 is 1.91 bits per heavy atom. The van der Waals surface area contributed by atoms with Crippen LogP contribution in [0.4, 0.5) is 4.79 Å². The smallest absolute Gasteiger partial charge is 0.323 e. The maximum Gasteiger partial charge on any atom is 0.325 e. The lowest BCUT2D eigenvalue weighted by atomic mass is 9.75. The summed E-state index contributed by atoms with van der Waals surface area (Å²) in [6.45, 7) is 6.62. The molecule has 0 atom stereocenters. The standard InChI is InChI=1S/C19H26N2O2/c1-4-15-7-9-19(10-8-15)17(22)21(18(23)20-19)12-16-11-13(2)5-6-14(16)3/h5-6,11,15H,4,7-10,12H2,1-3H3,(H,20,23). The number of imide groups is 1. The molecule has 3 rings (SSSR count). The molecule has 4 nitrogen and oxygen atoms in total. The van der Waals surface area contributed by atoms with E-state index in [0.29, 0.717) is 12.5 Å². The van der Waals surface area contributed by atoms with Crippen molar-refractivity contribution in [2.45, 2.75) is 65.0 Å². The molecule has 3 amide bonds. The molecule has 1 heterocycles. The van der Waals surface area contributed by atoms with Crippen LogP contribution in [0, 0.1) is 19.8 Å². The number of nitrogens with one attached hydrogen (secondary N) is 1. The third kappa shape index (κ3) is 2.87. The molecule has 1 aliphatic carbocycles. The van der Waals surface area contributed by atoms with Crippen molar-refractivity contribution in [2.24, 2.45) is 5.92 Å². The number of nitrogens with zero attached hydrogens (tertiary/aromatic N) is 1. The number of amides is 3. The number of carbonyl (C=O) groups is 2. The molecule has 1 saturated heterocycles. The van der Waals surface area contributed by atoms with Gasteiger partial charge in [-0.25, -0.2) is 4.79 Å². The molecule has 1 saturated carbocycles. The Balaban J connectivity index is 1.78. The molecule has 1 aromatic carbocycles. The quantitative estimate of drug-likeness (QED) is 0.865. The van der Waals surface area contributed by atoms with Crippen LogP contribution >= 0.6 is 0 Å². The van der Waals surface area contributed by atoms with E-state index in [-0.39, 0.29) is 11.9 Å². The van der Waals surface area contributed by atoms with Gasteiger partial charge in [-0.2, -0.15) is 0 Å². The molecule has 0 bridgehead atoms. The van der Waals surface area contributed by atoms with E-state index in [1.807, 2.05) is 19.9 Å². The van der Waals surface area contributed by atoms with Gasteiger partial charge in [0.2, 0.25) is 0 Å². The van der Waals surface area contributed by atoms with E-state index < -0.39 is 5.54 Å². The van der Waals surface area contributed by atoms with Gasteiger partial charge >= 0.3 is 6.03 Å². The summed E-state index contributed by atoms with van der Waals surface area (Å²) in [4.78, 5) is 26.7. The predicted molar refractivity (Wildman–Crippen MR) is 90.0 cm³/mol. The van der Waals surface area contributed by atoms with E-state index in [2.05, 4.69) is 24.4 Å². The van der Waals surface area contributed by atoms with Crippen molar-refractivity contribution < 1.29 is 9.59 Å². The summed E-state index contributed by atoms with van der Waals surface area (Å²) in [5.74, 6) is 0.663. The third-order valence-electron chi connectivity index (χ3n) is 5.62. The van der Waals surface area contributed by atoms with Gasteiger partial charge in [0.05, 0.1) is 6.54 Å². The topological polar surface area (TPSA) is 49.4 Å². The molecule has 0 aromatic heterocycles. The molecule has 23 heavy (non-hydrogen) atoms. The van der Waals surface area contributed by atoms with Gasteiger partial charge < -0.3 is 5.32 Å². The normalized spacial score (nSPS) is 27.6. The van der Waals surface area contributed by atoms with Gasteiger partial charge in [-0.3, -0.25) is 9.69 Å². The number of urea groups is 1. The Hall–Kier alpha value is -1.84. The molecule has 2 fully saturated rings. The van der Waals surface area contributed by atoms with Crippen LogP contribution < -0.4 is 5.32 Å². The molecule has 0 radical (unpaired) electrons. The summed E-state index contributed by atoms with van der Waals surface area (Å²) in [7, 11) is 0. The first-order valence-electron chi connectivity index (χ1n) is 8.65. The van der Waals surface area contributed by atoms with Crippen molar-refractivity contribution in [1.82, 2.24) is 10.2 Å². The van der Waals surface area contributed by atoms with Gasteiger partial charge in [-0.15, -0.1) is 0 Å². The van der Waals surface area contributed by atoms with Crippen molar-refractivity contribution >= 4 is 11.9 Å². The number of aryl methyl sites for hydroxylation is 2. The molecule has 124 valence electrons. The van der Waals surface area contributed by atoms with Gasteiger partial charge in [0.15, 0.2) is 0 Å². The van der Waals surface area contributed by atoms with Gasteiger partial charge in [0, 0.05) is 0 Å². The number of rotatable bonds is 3. The second-order valence-corrected chi connectivity index (χ2v) is 7.19. The van der Waals surface area contributed by atoms with Crippen molar-refractivity contribution in [2.75, 3.05) is 0 Å². The Labute approximate surface area is 138 Å². The van der Waals surface area contributed by atoms with Gasteiger partial charge in [0.25, 0.3) is 5.91 Å². The summed E-state index contributed by atoms with van der Waals surface area (Å²) in [5.41, 5.74) is 2.68. The first-order chi connectivity index (χ1) is 10.9. The average Bonchev–Trinajstić information content (AvgIpc) is 2.76. The van der Waals surface area contributed by atoms with E-state index >= 15 is 0 Å². The lowest BCUT2D eigenvalue weighted by Gasteiger charge is -2.34. The fourth-order valence-corrected chi connectivity index (χ4v) is 3.88. The van der Waals surface area contributed by atoms with Crippen LogP contribution in [0.1, 0.15) is 55.7 Å². The van der Waals surface area contributed by atoms with Gasteiger partial charge in [0.1, 0.15) is 5.54 Å². The Morgan fingerprint density at radius 3 is 2.57 bits per heavy atom. The molecule has 1 aliphatic heterocycles. The van der Waals surface area contributed by atoms with Crippen LogP contribution in [0.3, 0.4) is 0 Å². The maximum atomic E-state index is 12.9. The lowest BCUT2D eigenvalue weighted by Crippen LogP contribution is -2.49. The minimum atomic E-state index is -0.638. The second kappa shape index (κ2) is 5.99. The molecule has 4 heteroatoms. The zero-order chi connectivity index (χ0) is 16.6. The maximum absolute atomic E-state index is 12.9. The second-order valence-electron chi connectivity index (χ2n) is 7.19. The molecular weight excluding hydrogens is 288 g/mol. The number of benzene rings is 1. The molecule has 1 aromatic rings. The number of carbonyl (C=O) groups excluding carboxylic acids is 2. The van der Waals surface area contributed by atoms with Crippen LogP contribution in [-0.4, -0.2) is 22.4 Å². The van der Waals surface area contributed by atoms with E-state index in [1.54, 1.807) is 0 Å². The van der Waals surface area contributed by atoms with E-state index in [0.717, 1.165) is 48.8 Å². The van der Waals surface area contributed by atoms with E-state index in [1.165, 1.54) is 4.90 Å². The first kappa shape index (κ1) is 16.0. The van der Waals surface area contributed by atoms with Gasteiger partial charge in [-0.05, 0) is 56.6 Å². The van der Waals surface area contributed by atoms with Crippen LogP contribution in [0.2, 0.25) is 0 Å². The first-order valence-corrected chi connectivity index (χ1v) is 8.65. The lowest BCUT2D eigenvalue weighted by molar-refractivity contribution is -0.133. The Kier molecular flexibility index (Phi) is 4.17. The Bertz CT molecular complexity index is 630. The summed E-state index contributed by atoms with van der Waals surface area (Å²) in [6.07, 6.45) is 4.77. The molecule has 1 N–H and O–H groups in total. The van der Waals surface area contributed by atoms with Crippen LogP contribution in [-0.2, 0) is 11.3 Å². The minimum absolute atomic E-state index is 0.0297. The fourth-order valence-electron chi connectivity index (χ4n) is 3.88. The minimum Gasteiger partial charge on any atom is -0.323 e. The van der Waals surface area contributed by atoms with Crippen molar-refractivity contribution in [3.63, 3.8) is 0 Å². The molecular formula is C19H26N2O2. The predicted octanol–water partition coefficient (Wildman–Crippen LogP) is 3.69. The number of hydrogen-bond acceptors (Lipinski definition) is 2. The third-order valence-corrected chi connectivity index (χ3v) is 5.62. The average molecular weight is 314 g/mol. The van der Waals surface area contributed by atoms with Crippen molar-refractivity contribution in [3.05, 3.63) is 34.9 Å². The summed E-state index contributed by atoms with van der Waals surface area (Å²) in [5, 5.41) is 3.01. The fraction of sp³-hybridized carbons (Fsp3) is 0.579. The summed E-state index contributed by atoms with van der Waals surface area (Å²) < 4.78 is 0. The zero-order valence-electron chi connectivity index (χ0n) is 14.3. The molecule has 0 unspecified atom stereocenters. The molecule has 2 aliphatic rings. The summed E-state index contributed by atoms with van der Waals surface area (Å²) >= 11 is 0. The van der Waals surface area contributed by atoms with Gasteiger partial charge in [-0.1, -0.05) is 37.1 Å². The van der Waals surface area contributed by atoms with Crippen molar-refractivity contribution in [1.29, 1.82) is 0 Å². The highest BCUT2D eigenvalue weighted by Crippen LogP contribution is 2.38. The zero-order valence-corrected chi connectivity index (χ0v) is 14.3. The number of hydrogen-bond donors (Lipinski definition) is 1. The van der Waals surface area contributed by atoms with E-state index in [4.69, 9.17) is 0 Å². The Morgan fingerprint density at radius 1 is 1.22 bits per heavy atom. The summed E-state index contributed by atoms with van der Waals surface area (Å²) in [6, 6.07) is 5.93. The largest absolute Gasteiger partial charge is 0.325 e. The highest BCUT2D eigenvalue weighted by atomic mass is 16.2. The molecule has 1 spiro atoms. The SMILES string of the molecule is CCC1CCC2(CC1)NC(=O)N(Cc1cc(C)ccc1C)C2=O. The van der Waals surface area contributed by atoms with Crippen LogP contribution in [0.25, 0.3) is 0 Å². The highest BCUT2D eigenvalue weighted by Gasteiger charge is 2.52.